The summed E-state index contributed by atoms with van der Waals surface area (Å²) in [6.07, 6.45) is 9.62. The number of rotatable bonds is 7. The molecule has 3 heteroatoms. The molecule has 6 rings (SSSR count). The van der Waals surface area contributed by atoms with Crippen LogP contribution in [0.15, 0.2) is 111 Å². The highest BCUT2D eigenvalue weighted by molar-refractivity contribution is 6.97. The Hall–Kier alpha value is -5.28. The molecule has 0 saturated carbocycles. The molecule has 0 N–H and O–H groups in total. The molecule has 0 aliphatic heterocycles. The van der Waals surface area contributed by atoms with Crippen molar-refractivity contribution in [2.24, 2.45) is 0 Å². The molecule has 2 heterocycles. The summed E-state index contributed by atoms with van der Waals surface area (Å²) in [5.41, 5.74) is 24.3. The lowest BCUT2D eigenvalue weighted by Crippen LogP contribution is -2.58. The molecule has 0 saturated heterocycles. The van der Waals surface area contributed by atoms with Crippen molar-refractivity contribution in [1.29, 1.82) is 0 Å². The Bertz CT molecular complexity index is 2080. The summed E-state index contributed by atoms with van der Waals surface area (Å²) in [5.74, 6) is 0. The lowest BCUT2D eigenvalue weighted by Gasteiger charge is -2.31. The first-order valence-electron chi connectivity index (χ1n) is 17.4. The van der Waals surface area contributed by atoms with Crippen LogP contribution in [0.1, 0.15) is 55.6 Å². The van der Waals surface area contributed by atoms with Crippen LogP contribution in [0.2, 0.25) is 0 Å². The third kappa shape index (κ3) is 6.53. The minimum Gasteiger partial charge on any atom is -0.264 e. The third-order valence-corrected chi connectivity index (χ3v) is 10.3. The van der Waals surface area contributed by atoms with Crippen LogP contribution in [-0.2, 0) is 0 Å². The number of hydrogen-bond donors (Lipinski definition) is 0. The van der Waals surface area contributed by atoms with Gasteiger partial charge in [-0.3, -0.25) is 9.97 Å². The van der Waals surface area contributed by atoms with Crippen LogP contribution in [0.25, 0.3) is 39.5 Å². The molecule has 50 heavy (non-hydrogen) atoms. The number of hydrogen-bond acceptors (Lipinski definition) is 2. The van der Waals surface area contributed by atoms with E-state index in [1.165, 1.54) is 88.7 Å². The van der Waals surface area contributed by atoms with Gasteiger partial charge in [-0.15, -0.1) is 13.2 Å². The fraction of sp³-hybridized carbons (Fsp3) is 0.191. The van der Waals surface area contributed by atoms with Crippen molar-refractivity contribution in [1.82, 2.24) is 9.97 Å². The van der Waals surface area contributed by atoms with Crippen LogP contribution in [-0.4, -0.2) is 16.7 Å². The van der Waals surface area contributed by atoms with E-state index in [0.717, 1.165) is 16.7 Å². The zero-order valence-corrected chi connectivity index (χ0v) is 31.3. The average Bonchev–Trinajstić information content (AvgIpc) is 3.09. The van der Waals surface area contributed by atoms with E-state index in [1.54, 1.807) is 0 Å². The largest absolute Gasteiger partial charge is 0.264 e. The quantitative estimate of drug-likeness (QED) is 0.127. The third-order valence-electron chi connectivity index (χ3n) is 10.3. The maximum absolute atomic E-state index is 4.52. The fourth-order valence-electron chi connectivity index (χ4n) is 8.51. The van der Waals surface area contributed by atoms with Crippen LogP contribution in [0.5, 0.6) is 0 Å². The van der Waals surface area contributed by atoms with E-state index in [-0.39, 0.29) is 6.71 Å². The average molecular weight is 653 g/mol. The minimum absolute atomic E-state index is 0.00356. The molecule has 0 aliphatic carbocycles. The highest BCUT2D eigenvalue weighted by atomic mass is 14.6. The number of nitrogens with zero attached hydrogens (tertiary/aromatic N) is 2. The Morgan fingerprint density at radius 3 is 1.16 bits per heavy atom. The monoisotopic (exact) mass is 652 g/mol. The molecule has 0 aliphatic rings. The molecule has 6 aromatic rings. The van der Waals surface area contributed by atoms with Crippen LogP contribution in [0, 0.1) is 62.3 Å². The van der Waals surface area contributed by atoms with E-state index in [9.17, 15) is 0 Å². The molecule has 0 spiro atoms. The summed E-state index contributed by atoms with van der Waals surface area (Å²) in [6, 6.07) is 24.4. The van der Waals surface area contributed by atoms with Gasteiger partial charge in [-0.1, -0.05) is 100 Å². The first kappa shape index (κ1) is 36.0. The highest BCUT2D eigenvalue weighted by Crippen LogP contribution is 2.33. The standard InChI is InChI=1S/C45H45BN2.C2H4/c1-11-36-16-18-37(19-17-36)40-27(2)22-30(5)43(33(40)8)46(44-31(6)23-28(3)41(34(44)9)38-14-12-20-47-25-38)45-32(7)24-29(4)42(35(45)10)39-15-13-21-48-26-39;1-2/h11-26H,1H2,2-10H3;1-2H2. The summed E-state index contributed by atoms with van der Waals surface area (Å²) >= 11 is 0. The highest BCUT2D eigenvalue weighted by Gasteiger charge is 2.34. The Balaban J connectivity index is 0.00000239. The zero-order valence-electron chi connectivity index (χ0n) is 31.3. The SMILES string of the molecule is C=C.C=Cc1ccc(-c2c(C)cc(C)c(B(c3c(C)cc(C)c(-c4cccnc4)c3C)c3c(C)cc(C)c(-c4cccnc4)c3C)c2C)cc1. The molecular weight excluding hydrogens is 603 g/mol. The summed E-state index contributed by atoms with van der Waals surface area (Å²) in [7, 11) is 0. The van der Waals surface area contributed by atoms with Gasteiger partial charge in [-0.05, 0) is 136 Å². The van der Waals surface area contributed by atoms with E-state index in [1.807, 2.05) is 43.0 Å². The molecule has 250 valence electrons. The summed E-state index contributed by atoms with van der Waals surface area (Å²) in [6.45, 7) is 30.6. The smallest absolute Gasteiger partial charge is 0.243 e. The Labute approximate surface area is 300 Å². The Morgan fingerprint density at radius 2 is 0.840 bits per heavy atom. The van der Waals surface area contributed by atoms with Gasteiger partial charge >= 0.3 is 0 Å². The van der Waals surface area contributed by atoms with Gasteiger partial charge in [-0.25, -0.2) is 0 Å². The number of benzene rings is 4. The van der Waals surface area contributed by atoms with Gasteiger partial charge in [0.05, 0.1) is 0 Å². The van der Waals surface area contributed by atoms with Gasteiger partial charge < -0.3 is 0 Å². The number of aromatic nitrogens is 2. The van der Waals surface area contributed by atoms with Gasteiger partial charge in [-0.2, -0.15) is 0 Å². The van der Waals surface area contributed by atoms with Crippen molar-refractivity contribution < 1.29 is 0 Å². The molecule has 4 aromatic carbocycles. The summed E-state index contributed by atoms with van der Waals surface area (Å²) in [5, 5.41) is 0. The molecule has 0 bridgehead atoms. The maximum atomic E-state index is 4.52. The molecule has 0 amide bonds. The second-order valence-electron chi connectivity index (χ2n) is 13.5. The predicted octanol–water partition coefficient (Wildman–Crippen LogP) is 10.2. The van der Waals surface area contributed by atoms with Gasteiger partial charge in [0.25, 0.3) is 0 Å². The van der Waals surface area contributed by atoms with Crippen molar-refractivity contribution in [3.05, 3.63) is 167 Å². The van der Waals surface area contributed by atoms with Crippen molar-refractivity contribution in [3.8, 4) is 33.4 Å². The van der Waals surface area contributed by atoms with Crippen molar-refractivity contribution >= 4 is 29.2 Å². The molecule has 2 aromatic heterocycles. The van der Waals surface area contributed by atoms with Gasteiger partial charge in [0, 0.05) is 35.9 Å². The Morgan fingerprint density at radius 1 is 0.480 bits per heavy atom. The molecular formula is C47H49BN2. The first-order chi connectivity index (χ1) is 24.0. The fourth-order valence-corrected chi connectivity index (χ4v) is 8.51. The van der Waals surface area contributed by atoms with E-state index in [4.69, 9.17) is 0 Å². The van der Waals surface area contributed by atoms with E-state index >= 15 is 0 Å². The molecule has 0 atom stereocenters. The van der Waals surface area contributed by atoms with Crippen LogP contribution in [0.3, 0.4) is 0 Å². The van der Waals surface area contributed by atoms with Gasteiger partial charge in [0.15, 0.2) is 0 Å². The normalized spacial score (nSPS) is 10.7. The van der Waals surface area contributed by atoms with E-state index < -0.39 is 0 Å². The predicted molar refractivity (Wildman–Crippen MR) is 220 cm³/mol. The number of aryl methyl sites for hydroxylation is 6. The number of pyridine rings is 2. The molecule has 0 unspecified atom stereocenters. The molecule has 2 nitrogen and oxygen atoms in total. The van der Waals surface area contributed by atoms with Gasteiger partial charge in [0.2, 0.25) is 6.71 Å². The molecule has 0 radical (unpaired) electrons. The zero-order chi connectivity index (χ0) is 36.3. The summed E-state index contributed by atoms with van der Waals surface area (Å²) < 4.78 is 0. The van der Waals surface area contributed by atoms with E-state index in [0.29, 0.717) is 0 Å². The van der Waals surface area contributed by atoms with Crippen molar-refractivity contribution in [2.45, 2.75) is 62.3 Å². The lowest BCUT2D eigenvalue weighted by molar-refractivity contribution is 1.29. The first-order valence-corrected chi connectivity index (χ1v) is 17.4. The van der Waals surface area contributed by atoms with Crippen molar-refractivity contribution in [2.75, 3.05) is 0 Å². The lowest BCUT2D eigenvalue weighted by atomic mass is 9.32. The maximum Gasteiger partial charge on any atom is 0.243 e. The second-order valence-corrected chi connectivity index (χ2v) is 13.5. The van der Waals surface area contributed by atoms with Gasteiger partial charge in [0.1, 0.15) is 0 Å². The second kappa shape index (κ2) is 15.1. The van der Waals surface area contributed by atoms with Crippen molar-refractivity contribution in [3.63, 3.8) is 0 Å². The van der Waals surface area contributed by atoms with E-state index in [2.05, 4.69) is 147 Å². The van der Waals surface area contributed by atoms with Crippen LogP contribution in [0.4, 0.5) is 0 Å². The topological polar surface area (TPSA) is 25.8 Å². The van der Waals surface area contributed by atoms with Crippen LogP contribution < -0.4 is 16.4 Å². The summed E-state index contributed by atoms with van der Waals surface area (Å²) in [4.78, 5) is 9.05. The minimum atomic E-state index is 0.00356. The Kier molecular flexibility index (Phi) is 10.9. The van der Waals surface area contributed by atoms with Crippen LogP contribution >= 0.6 is 0 Å². The molecule has 0 fully saturated rings.